The first-order valence-electron chi connectivity index (χ1n) is 11.7. The monoisotopic (exact) mass is 394 g/mol. The Bertz CT molecular complexity index is 473. The number of ether oxygens (including phenoxy) is 2. The number of unbranched alkanes of at least 4 members (excludes halogenated alkanes) is 9. The molecule has 2 saturated carbocycles. The number of fused-ring (bicyclic) bond motifs is 2. The fourth-order valence-corrected chi connectivity index (χ4v) is 4.95. The van der Waals surface area contributed by atoms with Crippen molar-refractivity contribution in [3.63, 3.8) is 0 Å². The van der Waals surface area contributed by atoms with Crippen LogP contribution in [0.1, 0.15) is 90.9 Å². The lowest BCUT2D eigenvalue weighted by Gasteiger charge is -2.32. The molecular formula is C24H42O4. The van der Waals surface area contributed by atoms with Crippen LogP contribution in [0.3, 0.4) is 0 Å². The smallest absolute Gasteiger partial charge is 0.333 e. The van der Waals surface area contributed by atoms with Gasteiger partial charge in [-0.3, -0.25) is 0 Å². The first-order valence-corrected chi connectivity index (χ1v) is 11.7. The summed E-state index contributed by atoms with van der Waals surface area (Å²) in [7, 11) is 0. The Morgan fingerprint density at radius 3 is 2.18 bits per heavy atom. The molecule has 28 heavy (non-hydrogen) atoms. The molecular weight excluding hydrogens is 352 g/mol. The van der Waals surface area contributed by atoms with Crippen molar-refractivity contribution in [2.75, 3.05) is 13.2 Å². The predicted octanol–water partition coefficient (Wildman–Crippen LogP) is 5.43. The molecule has 5 atom stereocenters. The summed E-state index contributed by atoms with van der Waals surface area (Å²) in [4.78, 5) is 11.6. The van der Waals surface area contributed by atoms with E-state index in [0.29, 0.717) is 18.1 Å². The molecule has 0 aromatic heterocycles. The molecule has 0 aromatic rings. The van der Waals surface area contributed by atoms with Crippen LogP contribution >= 0.6 is 0 Å². The van der Waals surface area contributed by atoms with Crippen molar-refractivity contribution in [2.45, 2.75) is 103 Å². The zero-order chi connectivity index (χ0) is 20.4. The highest BCUT2D eigenvalue weighted by Crippen LogP contribution is 2.50. The Kier molecular flexibility index (Phi) is 10.6. The zero-order valence-corrected chi connectivity index (χ0v) is 18.2. The maximum absolute atomic E-state index is 11.6. The Morgan fingerprint density at radius 1 is 1.00 bits per heavy atom. The lowest BCUT2D eigenvalue weighted by molar-refractivity contribution is -0.142. The van der Waals surface area contributed by atoms with Crippen molar-refractivity contribution in [3.05, 3.63) is 12.2 Å². The van der Waals surface area contributed by atoms with Gasteiger partial charge >= 0.3 is 5.97 Å². The van der Waals surface area contributed by atoms with Gasteiger partial charge in [-0.25, -0.2) is 4.79 Å². The molecule has 0 amide bonds. The van der Waals surface area contributed by atoms with Gasteiger partial charge in [-0.1, -0.05) is 71.3 Å². The molecule has 0 spiro atoms. The van der Waals surface area contributed by atoms with E-state index in [9.17, 15) is 9.90 Å². The fourth-order valence-electron chi connectivity index (χ4n) is 4.95. The summed E-state index contributed by atoms with van der Waals surface area (Å²) in [6, 6.07) is 0. The van der Waals surface area contributed by atoms with Gasteiger partial charge in [0.1, 0.15) is 0 Å². The number of hydrogen-bond acceptors (Lipinski definition) is 4. The maximum atomic E-state index is 11.6. The largest absolute Gasteiger partial charge is 0.462 e. The second-order valence-corrected chi connectivity index (χ2v) is 9.04. The van der Waals surface area contributed by atoms with Crippen LogP contribution in [-0.2, 0) is 14.3 Å². The molecule has 162 valence electrons. The Morgan fingerprint density at radius 2 is 1.61 bits per heavy atom. The predicted molar refractivity (Wildman–Crippen MR) is 113 cm³/mol. The van der Waals surface area contributed by atoms with Crippen LogP contribution in [0, 0.1) is 17.8 Å². The maximum Gasteiger partial charge on any atom is 0.333 e. The van der Waals surface area contributed by atoms with Crippen LogP contribution in [0.2, 0.25) is 0 Å². The average molecular weight is 395 g/mol. The third-order valence-corrected chi connectivity index (χ3v) is 6.61. The van der Waals surface area contributed by atoms with Crippen LogP contribution in [0.25, 0.3) is 0 Å². The number of carbonyl (C=O) groups is 1. The molecule has 5 unspecified atom stereocenters. The van der Waals surface area contributed by atoms with E-state index in [4.69, 9.17) is 9.47 Å². The van der Waals surface area contributed by atoms with Gasteiger partial charge in [0, 0.05) is 12.2 Å². The van der Waals surface area contributed by atoms with E-state index in [1.54, 1.807) is 6.92 Å². The van der Waals surface area contributed by atoms with Crippen LogP contribution in [0.4, 0.5) is 0 Å². The van der Waals surface area contributed by atoms with Gasteiger partial charge in [0.15, 0.2) is 0 Å². The van der Waals surface area contributed by atoms with E-state index in [2.05, 4.69) is 13.5 Å². The molecule has 0 saturated heterocycles. The van der Waals surface area contributed by atoms with Crippen molar-refractivity contribution in [2.24, 2.45) is 17.8 Å². The Hall–Kier alpha value is -0.870. The first kappa shape index (κ1) is 23.4. The summed E-state index contributed by atoms with van der Waals surface area (Å²) in [5.41, 5.74) is 0.432. The van der Waals surface area contributed by atoms with Crippen molar-refractivity contribution >= 4 is 5.97 Å². The number of rotatable bonds is 15. The third-order valence-electron chi connectivity index (χ3n) is 6.61. The number of esters is 1. The molecule has 2 bridgehead atoms. The van der Waals surface area contributed by atoms with Gasteiger partial charge in [0.25, 0.3) is 0 Å². The Labute approximate surface area is 172 Å². The lowest BCUT2D eigenvalue weighted by Crippen LogP contribution is -2.40. The summed E-state index contributed by atoms with van der Waals surface area (Å²) >= 11 is 0. The molecule has 0 aromatic carbocycles. The van der Waals surface area contributed by atoms with Crippen LogP contribution < -0.4 is 0 Å². The highest BCUT2D eigenvalue weighted by molar-refractivity contribution is 5.86. The molecule has 0 aliphatic heterocycles. The number of hydrogen-bond donors (Lipinski definition) is 1. The fraction of sp³-hybridized carbons (Fsp3) is 0.875. The highest BCUT2D eigenvalue weighted by atomic mass is 16.5. The standard InChI is InChI=1S/C24H42O4/c1-4-5-6-7-8-9-10-11-12-13-14-27-23-19-15-20(21(16-19)22(23)25)17-28-24(26)18(2)3/h19-23,25H,2,4-17H2,1,3H3. The molecule has 0 heterocycles. The molecule has 2 aliphatic carbocycles. The molecule has 1 N–H and O–H groups in total. The summed E-state index contributed by atoms with van der Waals surface area (Å²) < 4.78 is 11.4. The van der Waals surface area contributed by atoms with Crippen LogP contribution in [-0.4, -0.2) is 36.5 Å². The van der Waals surface area contributed by atoms with Crippen molar-refractivity contribution < 1.29 is 19.4 Å². The number of carbonyl (C=O) groups excluding carboxylic acids is 1. The topological polar surface area (TPSA) is 55.8 Å². The summed E-state index contributed by atoms with van der Waals surface area (Å²) in [5, 5.41) is 10.6. The number of aliphatic hydroxyl groups is 1. The quantitative estimate of drug-likeness (QED) is 0.229. The second kappa shape index (κ2) is 12.6. The van der Waals surface area contributed by atoms with Gasteiger partial charge in [-0.05, 0) is 43.9 Å². The molecule has 0 radical (unpaired) electrons. The summed E-state index contributed by atoms with van der Waals surface area (Å²) in [6.07, 6.45) is 14.8. The van der Waals surface area contributed by atoms with Crippen molar-refractivity contribution in [1.29, 1.82) is 0 Å². The average Bonchev–Trinajstić information content (AvgIpc) is 3.22. The second-order valence-electron chi connectivity index (χ2n) is 9.04. The van der Waals surface area contributed by atoms with E-state index in [1.807, 2.05) is 0 Å². The third kappa shape index (κ3) is 7.18. The van der Waals surface area contributed by atoms with Gasteiger partial charge in [-0.15, -0.1) is 0 Å². The van der Waals surface area contributed by atoms with E-state index in [0.717, 1.165) is 25.9 Å². The molecule has 4 heteroatoms. The highest BCUT2D eigenvalue weighted by Gasteiger charge is 2.52. The Balaban J connectivity index is 1.50. The molecule has 2 rings (SSSR count). The van der Waals surface area contributed by atoms with Gasteiger partial charge in [0.2, 0.25) is 0 Å². The van der Waals surface area contributed by atoms with Crippen LogP contribution in [0.5, 0.6) is 0 Å². The van der Waals surface area contributed by atoms with Gasteiger partial charge in [0.05, 0.1) is 18.8 Å². The SMILES string of the molecule is C=C(C)C(=O)OCC1CC2CC1C(O)C2OCCCCCCCCCCCC. The minimum Gasteiger partial charge on any atom is -0.462 e. The van der Waals surface area contributed by atoms with Crippen molar-refractivity contribution in [1.82, 2.24) is 0 Å². The van der Waals surface area contributed by atoms with E-state index in [1.165, 1.54) is 57.8 Å². The minimum atomic E-state index is -0.407. The normalized spacial score (nSPS) is 28.6. The summed E-state index contributed by atoms with van der Waals surface area (Å²) in [5.74, 6) is 0.559. The summed E-state index contributed by atoms with van der Waals surface area (Å²) in [6.45, 7) is 8.69. The van der Waals surface area contributed by atoms with E-state index in [-0.39, 0.29) is 23.9 Å². The minimum absolute atomic E-state index is 0.0170. The first-order chi connectivity index (χ1) is 13.5. The molecule has 4 nitrogen and oxygen atoms in total. The molecule has 2 aliphatic rings. The molecule has 2 fully saturated rings. The zero-order valence-electron chi connectivity index (χ0n) is 18.2. The van der Waals surface area contributed by atoms with E-state index < -0.39 is 6.10 Å². The van der Waals surface area contributed by atoms with E-state index >= 15 is 0 Å². The van der Waals surface area contributed by atoms with Crippen LogP contribution in [0.15, 0.2) is 12.2 Å². The van der Waals surface area contributed by atoms with Gasteiger partial charge < -0.3 is 14.6 Å². The lowest BCUT2D eigenvalue weighted by atomic mass is 9.85. The van der Waals surface area contributed by atoms with Gasteiger partial charge in [-0.2, -0.15) is 0 Å². The number of aliphatic hydroxyl groups excluding tert-OH is 1. The van der Waals surface area contributed by atoms with Crippen molar-refractivity contribution in [3.8, 4) is 0 Å².